The minimum absolute atomic E-state index is 0. The fraction of sp³-hybridized carbons (Fsp3) is 0.478. The molecule has 4 heterocycles. The molecule has 0 amide bonds. The zero-order valence-corrected chi connectivity index (χ0v) is 19.2. The van der Waals surface area contributed by atoms with Gasteiger partial charge in [0.2, 0.25) is 0 Å². The van der Waals surface area contributed by atoms with Crippen LogP contribution in [-0.4, -0.2) is 52.4 Å². The number of H-pyrrole nitrogens is 1. The number of carbonyl (C=O) groups is 1. The number of hydrogen-bond donors (Lipinski definition) is 2. The second-order valence-electron chi connectivity index (χ2n) is 9.10. The highest BCUT2D eigenvalue weighted by Crippen LogP contribution is 2.41. The van der Waals surface area contributed by atoms with Crippen molar-refractivity contribution in [2.45, 2.75) is 38.9 Å². The summed E-state index contributed by atoms with van der Waals surface area (Å²) < 4.78 is 46.8. The van der Waals surface area contributed by atoms with E-state index >= 15 is 0 Å². The van der Waals surface area contributed by atoms with E-state index in [1.54, 1.807) is 12.1 Å². The van der Waals surface area contributed by atoms with E-state index in [0.29, 0.717) is 36.2 Å². The molecule has 0 radical (unpaired) electrons. The number of anilines is 1. The monoisotopic (exact) mass is 482 g/mol. The summed E-state index contributed by atoms with van der Waals surface area (Å²) >= 11 is 0. The third-order valence-corrected chi connectivity index (χ3v) is 6.33. The van der Waals surface area contributed by atoms with Crippen molar-refractivity contribution in [3.63, 3.8) is 0 Å². The number of ether oxygens (including phenoxy) is 1. The van der Waals surface area contributed by atoms with E-state index in [1.165, 1.54) is 19.4 Å². The quantitative estimate of drug-likeness (QED) is 0.515. The first-order valence-electron chi connectivity index (χ1n) is 11.0. The van der Waals surface area contributed by atoms with E-state index in [2.05, 4.69) is 20.2 Å². The van der Waals surface area contributed by atoms with Crippen LogP contribution in [0.2, 0.25) is 0 Å². The van der Waals surface area contributed by atoms with E-state index in [9.17, 15) is 18.0 Å². The van der Waals surface area contributed by atoms with Crippen LogP contribution in [-0.2, 0) is 15.7 Å². The maximum absolute atomic E-state index is 13.9. The zero-order chi connectivity index (χ0) is 24.7. The van der Waals surface area contributed by atoms with E-state index in [-0.39, 0.29) is 28.1 Å². The summed E-state index contributed by atoms with van der Waals surface area (Å²) in [6, 6.07) is 5.17. The number of aromatic amines is 1. The Balaban J connectivity index is 0.00000228. The van der Waals surface area contributed by atoms with Crippen molar-refractivity contribution in [1.82, 2.24) is 20.2 Å². The Morgan fingerprint density at radius 2 is 2.15 bits per heavy atom. The third-order valence-electron chi connectivity index (χ3n) is 6.33. The smallest absolute Gasteiger partial charge is 0.418 e. The molecule has 11 heteroatoms. The predicted molar refractivity (Wildman–Crippen MR) is 127 cm³/mol. The molecule has 8 nitrogen and oxygen atoms in total. The number of methoxy groups -OCH3 is 1. The number of halogens is 3. The molecule has 1 fully saturated rings. The molecule has 1 aliphatic heterocycles. The number of fused-ring (bicyclic) bond motifs is 1. The molecule has 0 aromatic carbocycles. The van der Waals surface area contributed by atoms with Crippen molar-refractivity contribution < 1.29 is 27.0 Å². The van der Waals surface area contributed by atoms with Crippen LogP contribution in [0, 0.1) is 11.3 Å². The highest BCUT2D eigenvalue weighted by atomic mass is 19.4. The van der Waals surface area contributed by atoms with Gasteiger partial charge in [-0.1, -0.05) is 13.8 Å². The van der Waals surface area contributed by atoms with Crippen molar-refractivity contribution >= 4 is 22.8 Å². The summed E-state index contributed by atoms with van der Waals surface area (Å²) in [5.41, 5.74) is 4.69. The molecule has 1 aliphatic rings. The first-order valence-corrected chi connectivity index (χ1v) is 11.0. The lowest BCUT2D eigenvalue weighted by molar-refractivity contribution is -0.155. The largest absolute Gasteiger partial charge is 0.468 e. The normalized spacial score (nSPS) is 21.3. The van der Waals surface area contributed by atoms with Crippen LogP contribution in [0.4, 0.5) is 19.0 Å². The van der Waals surface area contributed by atoms with Crippen LogP contribution in [0.3, 0.4) is 0 Å². The molecule has 3 aromatic rings. The van der Waals surface area contributed by atoms with Gasteiger partial charge in [-0.2, -0.15) is 18.3 Å². The number of piperidine rings is 1. The first-order chi connectivity index (χ1) is 16.1. The lowest BCUT2D eigenvalue weighted by atomic mass is 9.70. The van der Waals surface area contributed by atoms with Gasteiger partial charge >= 0.3 is 12.1 Å². The molecule has 2 atom stereocenters. The maximum Gasteiger partial charge on any atom is 0.418 e. The van der Waals surface area contributed by atoms with E-state index < -0.39 is 29.2 Å². The van der Waals surface area contributed by atoms with Crippen LogP contribution in [0.25, 0.3) is 22.4 Å². The highest BCUT2D eigenvalue weighted by molar-refractivity contribution is 5.90. The van der Waals surface area contributed by atoms with Gasteiger partial charge < -0.3 is 15.4 Å². The molecule has 0 spiro atoms. The summed E-state index contributed by atoms with van der Waals surface area (Å²) in [5.74, 6) is 0.0554. The van der Waals surface area contributed by atoms with Gasteiger partial charge in [0.1, 0.15) is 16.9 Å². The Bertz CT molecular complexity index is 1210. The second kappa shape index (κ2) is 8.86. The lowest BCUT2D eigenvalue weighted by Gasteiger charge is -2.46. The van der Waals surface area contributed by atoms with Crippen molar-refractivity contribution in [3.05, 3.63) is 36.0 Å². The molecule has 3 aromatic heterocycles. The molecular formula is C23H33F3N6O2. The number of nitrogens with zero attached hydrogens (tertiary/aromatic N) is 4. The van der Waals surface area contributed by atoms with Crippen LogP contribution in [0.1, 0.15) is 36.5 Å². The predicted octanol–water partition coefficient (Wildman–Crippen LogP) is 4.52. The van der Waals surface area contributed by atoms with Gasteiger partial charge in [0.05, 0.1) is 18.4 Å². The minimum atomic E-state index is -4.63. The molecule has 34 heavy (non-hydrogen) atoms. The van der Waals surface area contributed by atoms with E-state index in [1.807, 2.05) is 18.7 Å². The number of hydrogen-bond acceptors (Lipinski definition) is 7. The number of rotatable bonds is 5. The van der Waals surface area contributed by atoms with Gasteiger partial charge in [0.25, 0.3) is 0 Å². The topological polar surface area (TPSA) is 110 Å². The molecule has 3 N–H and O–H groups in total. The van der Waals surface area contributed by atoms with E-state index in [4.69, 9.17) is 10.5 Å². The Hall–Kier alpha value is -3.21. The van der Waals surface area contributed by atoms with Gasteiger partial charge in [-0.3, -0.25) is 9.89 Å². The number of nitrogens with two attached hydrogens (primary N) is 1. The number of nitrogens with one attached hydrogen (secondary N) is 1. The van der Waals surface area contributed by atoms with Crippen molar-refractivity contribution in [2.75, 3.05) is 25.1 Å². The van der Waals surface area contributed by atoms with Crippen LogP contribution in [0.5, 0.6) is 0 Å². The van der Waals surface area contributed by atoms with Gasteiger partial charge in [-0.25, -0.2) is 9.97 Å². The summed E-state index contributed by atoms with van der Waals surface area (Å²) in [7, 11) is 1.32. The SMILES string of the molecule is COC(=O)C1(CC(C)C)CN(c2ccc(C(F)(F)F)c(-c3[nH]nc4ncccc34)n2)CCC1N.[HH].[HH].[HH]. The fourth-order valence-electron chi connectivity index (χ4n) is 4.83. The number of carbonyl (C=O) groups excluding carboxylic acids is 1. The summed E-state index contributed by atoms with van der Waals surface area (Å²) in [6.07, 6.45) is -2.16. The third kappa shape index (κ3) is 4.20. The van der Waals surface area contributed by atoms with Crippen molar-refractivity contribution in [1.29, 1.82) is 0 Å². The second-order valence-corrected chi connectivity index (χ2v) is 9.10. The first kappa shape index (κ1) is 23.9. The highest BCUT2D eigenvalue weighted by Gasteiger charge is 2.49. The minimum Gasteiger partial charge on any atom is -0.468 e. The molecule has 0 bridgehead atoms. The average molecular weight is 483 g/mol. The van der Waals surface area contributed by atoms with Crippen LogP contribution < -0.4 is 10.6 Å². The summed E-state index contributed by atoms with van der Waals surface area (Å²) in [4.78, 5) is 23.2. The molecule has 188 valence electrons. The van der Waals surface area contributed by atoms with Gasteiger partial charge in [-0.05, 0) is 43.0 Å². The summed E-state index contributed by atoms with van der Waals surface area (Å²) in [6.45, 7) is 4.62. The average Bonchev–Trinajstić information content (AvgIpc) is 3.22. The Morgan fingerprint density at radius 1 is 1.38 bits per heavy atom. The fourth-order valence-corrected chi connectivity index (χ4v) is 4.83. The lowest BCUT2D eigenvalue weighted by Crippen LogP contribution is -2.60. The standard InChI is InChI=1S/C23H27F3N6O2.3H2/c1-13(2)11-22(21(33)34-3)12-32(10-8-16(22)27)17-7-6-15(23(24,25)26)19(29-17)18-14-5-4-9-28-20(14)31-30-18;;;/h4-7,9,13,16H,8,10-12,27H2,1-3H3,(H,28,30,31);3*1H. The van der Waals surface area contributed by atoms with Crippen LogP contribution >= 0.6 is 0 Å². The summed E-state index contributed by atoms with van der Waals surface area (Å²) in [5, 5.41) is 7.12. The van der Waals surface area contributed by atoms with Gasteiger partial charge in [0, 0.05) is 35.0 Å². The van der Waals surface area contributed by atoms with Gasteiger partial charge in [-0.15, -0.1) is 0 Å². The molecular weight excluding hydrogens is 449 g/mol. The zero-order valence-electron chi connectivity index (χ0n) is 19.2. The molecule has 2 unspecified atom stereocenters. The van der Waals surface area contributed by atoms with E-state index in [0.717, 1.165) is 6.07 Å². The maximum atomic E-state index is 13.9. The number of aromatic nitrogens is 4. The Kier molecular flexibility index (Phi) is 6.24. The Morgan fingerprint density at radius 3 is 2.82 bits per heavy atom. The number of esters is 1. The van der Waals surface area contributed by atoms with Crippen molar-refractivity contribution in [3.8, 4) is 11.4 Å². The number of alkyl halides is 3. The van der Waals surface area contributed by atoms with Gasteiger partial charge in [0.15, 0.2) is 5.65 Å². The van der Waals surface area contributed by atoms with Crippen LogP contribution in [0.15, 0.2) is 30.5 Å². The molecule has 1 saturated heterocycles. The number of pyridine rings is 2. The van der Waals surface area contributed by atoms with Crippen molar-refractivity contribution in [2.24, 2.45) is 17.1 Å². The molecule has 0 aliphatic carbocycles. The Labute approximate surface area is 199 Å². The molecule has 4 rings (SSSR count). The molecule has 0 saturated carbocycles.